The van der Waals surface area contributed by atoms with E-state index >= 15 is 0 Å². The van der Waals surface area contributed by atoms with Gasteiger partial charge in [-0.3, -0.25) is 0 Å². The molecule has 0 aliphatic carbocycles. The lowest BCUT2D eigenvalue weighted by Crippen LogP contribution is -2.01. The Hall–Kier alpha value is 0.480. The largest absolute Gasteiger partial charge is 0.0925 e. The topological polar surface area (TPSA) is 0 Å². The van der Waals surface area contributed by atoms with Crippen molar-refractivity contribution in [2.45, 2.75) is 65.2 Å². The second-order valence-corrected chi connectivity index (χ2v) is 4.66. The Balaban J connectivity index is 3.25. The van der Waals surface area contributed by atoms with Crippen LogP contribution < -0.4 is 0 Å². The van der Waals surface area contributed by atoms with Gasteiger partial charge in [0, 0.05) is 5.33 Å². The van der Waals surface area contributed by atoms with E-state index in [1.807, 2.05) is 0 Å². The molecule has 0 rings (SSSR count). The lowest BCUT2D eigenvalue weighted by atomic mass is 9.97. The van der Waals surface area contributed by atoms with Crippen LogP contribution in [0.2, 0.25) is 0 Å². The van der Waals surface area contributed by atoms with Crippen LogP contribution in [0.25, 0.3) is 0 Å². The van der Waals surface area contributed by atoms with E-state index in [9.17, 15) is 0 Å². The summed E-state index contributed by atoms with van der Waals surface area (Å²) in [6.07, 6.45) is 11.3. The lowest BCUT2D eigenvalue weighted by molar-refractivity contribution is 0.453. The van der Waals surface area contributed by atoms with Crippen LogP contribution in [0.5, 0.6) is 0 Å². The van der Waals surface area contributed by atoms with Gasteiger partial charge in [0.2, 0.25) is 0 Å². The van der Waals surface area contributed by atoms with Crippen LogP contribution in [0.3, 0.4) is 0 Å². The van der Waals surface area contributed by atoms with Gasteiger partial charge in [0.15, 0.2) is 0 Å². The summed E-state index contributed by atoms with van der Waals surface area (Å²) in [4.78, 5) is 0. The molecule has 0 N–H and O–H groups in total. The fourth-order valence-electron chi connectivity index (χ4n) is 1.65. The van der Waals surface area contributed by atoms with Crippen molar-refractivity contribution in [3.05, 3.63) is 0 Å². The minimum atomic E-state index is 0.941. The molecule has 0 aromatic carbocycles. The highest BCUT2D eigenvalue weighted by Gasteiger charge is 2.05. The van der Waals surface area contributed by atoms with Crippen molar-refractivity contribution in [3.8, 4) is 0 Å². The van der Waals surface area contributed by atoms with Crippen LogP contribution in [0.1, 0.15) is 65.2 Å². The third-order valence-electron chi connectivity index (χ3n) is 2.65. The molecule has 0 heterocycles. The molecular formula is C12H25Br. The Morgan fingerprint density at radius 1 is 0.846 bits per heavy atom. The summed E-state index contributed by atoms with van der Waals surface area (Å²) in [5.74, 6) is 0.941. The van der Waals surface area contributed by atoms with Gasteiger partial charge in [0.05, 0.1) is 0 Å². The summed E-state index contributed by atoms with van der Waals surface area (Å²) in [7, 11) is 0. The van der Waals surface area contributed by atoms with Crippen molar-refractivity contribution in [2.75, 3.05) is 5.33 Å². The predicted molar refractivity (Wildman–Crippen MR) is 65.6 cm³/mol. The van der Waals surface area contributed by atoms with Crippen LogP contribution in [0, 0.1) is 5.92 Å². The molecule has 0 aromatic heterocycles. The van der Waals surface area contributed by atoms with E-state index in [0.717, 1.165) is 5.92 Å². The van der Waals surface area contributed by atoms with E-state index in [4.69, 9.17) is 0 Å². The number of alkyl halides is 1. The smallest absolute Gasteiger partial charge is 0.00596 e. The fourth-order valence-corrected chi connectivity index (χ4v) is 2.30. The van der Waals surface area contributed by atoms with Gasteiger partial charge in [-0.05, 0) is 18.8 Å². The van der Waals surface area contributed by atoms with Crippen molar-refractivity contribution in [1.82, 2.24) is 0 Å². The zero-order valence-corrected chi connectivity index (χ0v) is 10.9. The summed E-state index contributed by atoms with van der Waals surface area (Å²) in [5.41, 5.74) is 0. The molecule has 0 aromatic rings. The highest BCUT2D eigenvalue weighted by Crippen LogP contribution is 2.19. The summed E-state index contributed by atoms with van der Waals surface area (Å²) in [6, 6.07) is 0. The first-order valence-electron chi connectivity index (χ1n) is 5.91. The van der Waals surface area contributed by atoms with Gasteiger partial charge in [0.25, 0.3) is 0 Å². The normalized spacial score (nSPS) is 13.2. The number of halogens is 1. The van der Waals surface area contributed by atoms with E-state index in [0.29, 0.717) is 0 Å². The van der Waals surface area contributed by atoms with Gasteiger partial charge in [-0.15, -0.1) is 0 Å². The van der Waals surface area contributed by atoms with Gasteiger partial charge < -0.3 is 0 Å². The first-order chi connectivity index (χ1) is 6.35. The van der Waals surface area contributed by atoms with E-state index < -0.39 is 0 Å². The highest BCUT2D eigenvalue weighted by molar-refractivity contribution is 9.09. The predicted octanol–water partition coefficient (Wildman–Crippen LogP) is 5.16. The average molecular weight is 249 g/mol. The fraction of sp³-hybridized carbons (Fsp3) is 1.00. The van der Waals surface area contributed by atoms with E-state index in [1.54, 1.807) is 0 Å². The van der Waals surface area contributed by atoms with Crippen LogP contribution in [-0.2, 0) is 0 Å². The Labute approximate surface area is 92.6 Å². The Bertz CT molecular complexity index is 91.1. The maximum Gasteiger partial charge on any atom is 0.00596 e. The van der Waals surface area contributed by atoms with Crippen LogP contribution in [-0.4, -0.2) is 5.33 Å². The number of rotatable bonds is 9. The number of hydrogen-bond donors (Lipinski definition) is 0. The summed E-state index contributed by atoms with van der Waals surface area (Å²) in [6.45, 7) is 4.56. The lowest BCUT2D eigenvalue weighted by Gasteiger charge is -2.12. The van der Waals surface area contributed by atoms with Gasteiger partial charge >= 0.3 is 0 Å². The quantitative estimate of drug-likeness (QED) is 0.391. The molecule has 0 nitrogen and oxygen atoms in total. The molecule has 0 radical (unpaired) electrons. The molecule has 1 heteroatoms. The molecule has 80 valence electrons. The van der Waals surface area contributed by atoms with Crippen molar-refractivity contribution in [2.24, 2.45) is 5.92 Å². The second kappa shape index (κ2) is 10.6. The third-order valence-corrected chi connectivity index (χ3v) is 3.57. The van der Waals surface area contributed by atoms with Crippen molar-refractivity contribution in [1.29, 1.82) is 0 Å². The molecule has 0 saturated heterocycles. The molecule has 1 atom stereocenters. The Kier molecular flexibility index (Phi) is 11.0. The van der Waals surface area contributed by atoms with Crippen molar-refractivity contribution < 1.29 is 0 Å². The second-order valence-electron chi connectivity index (χ2n) is 4.01. The van der Waals surface area contributed by atoms with Crippen LogP contribution >= 0.6 is 15.9 Å². The monoisotopic (exact) mass is 248 g/mol. The van der Waals surface area contributed by atoms with Crippen LogP contribution in [0.15, 0.2) is 0 Å². The standard InChI is InChI=1S/C12H25Br/c1-3-5-7-8-10-12(11-13)9-6-4-2/h12H,3-11H2,1-2H3. The maximum absolute atomic E-state index is 3.62. The van der Waals surface area contributed by atoms with Crippen LogP contribution in [0.4, 0.5) is 0 Å². The molecule has 1 unspecified atom stereocenters. The molecule has 0 aliphatic rings. The average Bonchev–Trinajstić information content (AvgIpc) is 2.17. The zero-order valence-electron chi connectivity index (χ0n) is 9.32. The van der Waals surface area contributed by atoms with E-state index in [-0.39, 0.29) is 0 Å². The van der Waals surface area contributed by atoms with Gasteiger partial charge in [-0.25, -0.2) is 0 Å². The molecule has 13 heavy (non-hydrogen) atoms. The molecule has 0 amide bonds. The number of unbranched alkanes of at least 4 members (excludes halogenated alkanes) is 4. The van der Waals surface area contributed by atoms with E-state index in [1.165, 1.54) is 56.7 Å². The zero-order chi connectivity index (χ0) is 9.94. The summed E-state index contributed by atoms with van der Waals surface area (Å²) >= 11 is 3.62. The maximum atomic E-state index is 3.62. The first-order valence-corrected chi connectivity index (χ1v) is 7.03. The first kappa shape index (κ1) is 13.5. The van der Waals surface area contributed by atoms with Gasteiger partial charge in [-0.2, -0.15) is 0 Å². The summed E-state index contributed by atoms with van der Waals surface area (Å²) in [5, 5.41) is 1.21. The summed E-state index contributed by atoms with van der Waals surface area (Å²) < 4.78 is 0. The Morgan fingerprint density at radius 2 is 1.46 bits per heavy atom. The molecule has 0 fully saturated rings. The minimum Gasteiger partial charge on any atom is -0.0925 e. The van der Waals surface area contributed by atoms with Crippen molar-refractivity contribution in [3.63, 3.8) is 0 Å². The van der Waals surface area contributed by atoms with E-state index in [2.05, 4.69) is 29.8 Å². The SMILES string of the molecule is CCCCCCC(CBr)CCCC. The Morgan fingerprint density at radius 3 is 2.00 bits per heavy atom. The minimum absolute atomic E-state index is 0.941. The molecule has 0 saturated carbocycles. The highest BCUT2D eigenvalue weighted by atomic mass is 79.9. The van der Waals surface area contributed by atoms with Gasteiger partial charge in [-0.1, -0.05) is 68.3 Å². The molecular weight excluding hydrogens is 224 g/mol. The van der Waals surface area contributed by atoms with Crippen molar-refractivity contribution >= 4 is 15.9 Å². The third kappa shape index (κ3) is 8.80. The molecule has 0 bridgehead atoms. The molecule has 0 aliphatic heterocycles. The number of hydrogen-bond acceptors (Lipinski definition) is 0. The van der Waals surface area contributed by atoms with Gasteiger partial charge in [0.1, 0.15) is 0 Å². The molecule has 0 spiro atoms.